The van der Waals surface area contributed by atoms with E-state index >= 15 is 0 Å². The molecule has 0 saturated carbocycles. The van der Waals surface area contributed by atoms with Crippen molar-refractivity contribution in [3.8, 4) is 0 Å². The highest BCUT2D eigenvalue weighted by Gasteiger charge is 2.20. The Morgan fingerprint density at radius 2 is 2.20 bits per heavy atom. The fraction of sp³-hybridized carbons (Fsp3) is 0.462. The first-order chi connectivity index (χ1) is 9.42. The second-order valence-electron chi connectivity index (χ2n) is 4.92. The van der Waals surface area contributed by atoms with Gasteiger partial charge in [-0.05, 0) is 25.8 Å². The lowest BCUT2D eigenvalue weighted by atomic mass is 10.0. The standard InChI is InChI=1S/C13H17N3O3S/c1-7(6-17)8(2)14-10-4-11-13(20-9(3)15-11)5-12(10)16(18)19/h4-5,7-8,14,17H,6H2,1-3H3. The van der Waals surface area contributed by atoms with Crippen molar-refractivity contribution in [3.05, 3.63) is 27.3 Å². The van der Waals surface area contributed by atoms with Crippen LogP contribution in [-0.2, 0) is 0 Å². The Kier molecular flexibility index (Phi) is 4.20. The minimum Gasteiger partial charge on any atom is -0.396 e. The van der Waals surface area contributed by atoms with Crippen molar-refractivity contribution in [3.63, 3.8) is 0 Å². The zero-order chi connectivity index (χ0) is 14.9. The molecule has 0 aliphatic rings. The van der Waals surface area contributed by atoms with E-state index in [1.54, 1.807) is 12.1 Å². The van der Waals surface area contributed by atoms with Crippen LogP contribution in [0.15, 0.2) is 12.1 Å². The van der Waals surface area contributed by atoms with Crippen molar-refractivity contribution < 1.29 is 10.0 Å². The Hall–Kier alpha value is -1.73. The topological polar surface area (TPSA) is 88.3 Å². The predicted octanol–water partition coefficient (Wildman–Crippen LogP) is 2.94. The van der Waals surface area contributed by atoms with E-state index in [2.05, 4.69) is 10.3 Å². The second kappa shape index (κ2) is 5.72. The van der Waals surface area contributed by atoms with Crippen LogP contribution in [0.4, 0.5) is 11.4 Å². The summed E-state index contributed by atoms with van der Waals surface area (Å²) < 4.78 is 0.808. The molecule has 2 N–H and O–H groups in total. The zero-order valence-corrected chi connectivity index (χ0v) is 12.4. The molecule has 6 nitrogen and oxygen atoms in total. The quantitative estimate of drug-likeness (QED) is 0.654. The highest BCUT2D eigenvalue weighted by Crippen LogP contribution is 2.33. The third kappa shape index (κ3) is 2.88. The average Bonchev–Trinajstić information content (AvgIpc) is 2.75. The number of aliphatic hydroxyl groups is 1. The molecule has 1 aromatic heterocycles. The van der Waals surface area contributed by atoms with Crippen molar-refractivity contribution in [2.45, 2.75) is 26.8 Å². The molecule has 108 valence electrons. The lowest BCUT2D eigenvalue weighted by Gasteiger charge is -2.20. The minimum absolute atomic E-state index is 0.00229. The molecular weight excluding hydrogens is 278 g/mol. The third-order valence-corrected chi connectivity index (χ3v) is 4.27. The first-order valence-electron chi connectivity index (χ1n) is 6.35. The van der Waals surface area contributed by atoms with Crippen LogP contribution in [0.1, 0.15) is 18.9 Å². The number of nitro benzene ring substituents is 1. The number of anilines is 1. The summed E-state index contributed by atoms with van der Waals surface area (Å²) in [6.07, 6.45) is 0. The summed E-state index contributed by atoms with van der Waals surface area (Å²) in [4.78, 5) is 15.2. The second-order valence-corrected chi connectivity index (χ2v) is 6.15. The van der Waals surface area contributed by atoms with E-state index < -0.39 is 4.92 Å². The van der Waals surface area contributed by atoms with Crippen LogP contribution >= 0.6 is 11.3 Å². The number of aliphatic hydroxyl groups excluding tert-OH is 1. The maximum Gasteiger partial charge on any atom is 0.293 e. The predicted molar refractivity (Wildman–Crippen MR) is 80.3 cm³/mol. The van der Waals surface area contributed by atoms with E-state index in [4.69, 9.17) is 5.11 Å². The molecule has 1 heterocycles. The summed E-state index contributed by atoms with van der Waals surface area (Å²) in [5, 5.41) is 24.3. The summed E-state index contributed by atoms with van der Waals surface area (Å²) in [6, 6.07) is 3.19. The van der Waals surface area contributed by atoms with Crippen LogP contribution in [0, 0.1) is 23.0 Å². The Morgan fingerprint density at radius 1 is 1.50 bits per heavy atom. The molecule has 20 heavy (non-hydrogen) atoms. The molecule has 0 aliphatic heterocycles. The highest BCUT2D eigenvalue weighted by atomic mass is 32.1. The number of hydrogen-bond donors (Lipinski definition) is 2. The number of fused-ring (bicyclic) bond motifs is 1. The summed E-state index contributed by atoms with van der Waals surface area (Å²) in [7, 11) is 0. The van der Waals surface area contributed by atoms with Gasteiger partial charge in [0.25, 0.3) is 5.69 Å². The zero-order valence-electron chi connectivity index (χ0n) is 11.6. The van der Waals surface area contributed by atoms with Crippen molar-refractivity contribution in [1.29, 1.82) is 0 Å². The van der Waals surface area contributed by atoms with Gasteiger partial charge in [0.05, 0.1) is 20.1 Å². The lowest BCUT2D eigenvalue weighted by molar-refractivity contribution is -0.383. The van der Waals surface area contributed by atoms with Crippen LogP contribution < -0.4 is 5.32 Å². The van der Waals surface area contributed by atoms with Gasteiger partial charge in [-0.15, -0.1) is 11.3 Å². The molecule has 0 spiro atoms. The maximum absolute atomic E-state index is 11.2. The first kappa shape index (κ1) is 14.7. The summed E-state index contributed by atoms with van der Waals surface area (Å²) in [5.41, 5.74) is 1.24. The number of hydrogen-bond acceptors (Lipinski definition) is 6. The number of nitro groups is 1. The fourth-order valence-electron chi connectivity index (χ4n) is 1.89. The van der Waals surface area contributed by atoms with Gasteiger partial charge in [0.2, 0.25) is 0 Å². The Morgan fingerprint density at radius 3 is 2.80 bits per heavy atom. The van der Waals surface area contributed by atoms with Crippen molar-refractivity contribution in [2.75, 3.05) is 11.9 Å². The smallest absolute Gasteiger partial charge is 0.293 e. The number of aryl methyl sites for hydroxylation is 1. The molecule has 7 heteroatoms. The van der Waals surface area contributed by atoms with E-state index in [1.807, 2.05) is 20.8 Å². The highest BCUT2D eigenvalue weighted by molar-refractivity contribution is 7.18. The molecule has 0 radical (unpaired) electrons. The minimum atomic E-state index is -0.396. The van der Waals surface area contributed by atoms with Crippen LogP contribution in [0.2, 0.25) is 0 Å². The largest absolute Gasteiger partial charge is 0.396 e. The molecule has 0 aliphatic carbocycles. The van der Waals surface area contributed by atoms with Crippen molar-refractivity contribution in [2.24, 2.45) is 5.92 Å². The Labute approximate surface area is 120 Å². The van der Waals surface area contributed by atoms with Crippen molar-refractivity contribution in [1.82, 2.24) is 4.98 Å². The van der Waals surface area contributed by atoms with Gasteiger partial charge in [-0.2, -0.15) is 0 Å². The van der Waals surface area contributed by atoms with E-state index in [0.29, 0.717) is 5.69 Å². The number of rotatable bonds is 5. The van der Waals surface area contributed by atoms with Gasteiger partial charge >= 0.3 is 0 Å². The monoisotopic (exact) mass is 295 g/mol. The SMILES string of the molecule is Cc1nc2cc(NC(C)C(C)CO)c([N+](=O)[O-])cc2s1. The molecule has 2 atom stereocenters. The number of aromatic nitrogens is 1. The van der Waals surface area contributed by atoms with Gasteiger partial charge in [-0.3, -0.25) is 10.1 Å². The lowest BCUT2D eigenvalue weighted by Crippen LogP contribution is -2.26. The van der Waals surface area contributed by atoms with Gasteiger partial charge in [0.1, 0.15) is 5.69 Å². The van der Waals surface area contributed by atoms with E-state index in [1.165, 1.54) is 11.3 Å². The normalized spacial score (nSPS) is 14.2. The van der Waals surface area contributed by atoms with E-state index in [9.17, 15) is 10.1 Å². The Balaban J connectivity index is 2.44. The van der Waals surface area contributed by atoms with E-state index in [0.717, 1.165) is 15.2 Å². The molecule has 1 aromatic carbocycles. The van der Waals surface area contributed by atoms with Gasteiger partial charge in [-0.25, -0.2) is 4.98 Å². The van der Waals surface area contributed by atoms with E-state index in [-0.39, 0.29) is 24.3 Å². The first-order valence-corrected chi connectivity index (χ1v) is 7.17. The molecule has 2 rings (SSSR count). The van der Waals surface area contributed by atoms with Gasteiger partial charge < -0.3 is 10.4 Å². The van der Waals surface area contributed by atoms with Crippen LogP contribution in [0.25, 0.3) is 10.2 Å². The van der Waals surface area contributed by atoms with Crippen LogP contribution in [0.5, 0.6) is 0 Å². The fourth-order valence-corrected chi connectivity index (χ4v) is 2.73. The van der Waals surface area contributed by atoms with Gasteiger partial charge in [0, 0.05) is 18.7 Å². The number of nitrogens with zero attached hydrogens (tertiary/aromatic N) is 2. The molecule has 0 bridgehead atoms. The molecular formula is C13H17N3O3S. The molecule has 2 aromatic rings. The van der Waals surface area contributed by atoms with Crippen LogP contribution in [-0.4, -0.2) is 27.7 Å². The number of thiazole rings is 1. The summed E-state index contributed by atoms with van der Waals surface area (Å²) >= 11 is 1.44. The summed E-state index contributed by atoms with van der Waals surface area (Å²) in [5.74, 6) is 0.00229. The summed E-state index contributed by atoms with van der Waals surface area (Å²) in [6.45, 7) is 5.68. The third-order valence-electron chi connectivity index (χ3n) is 3.33. The molecule has 0 fully saturated rings. The average molecular weight is 295 g/mol. The number of benzene rings is 1. The Bertz CT molecular complexity index is 641. The van der Waals surface area contributed by atoms with Crippen molar-refractivity contribution >= 4 is 32.9 Å². The molecule has 0 amide bonds. The molecule has 0 saturated heterocycles. The van der Waals surface area contributed by atoms with Gasteiger partial charge in [0.15, 0.2) is 0 Å². The van der Waals surface area contributed by atoms with Crippen LogP contribution in [0.3, 0.4) is 0 Å². The molecule has 2 unspecified atom stereocenters. The number of nitrogens with one attached hydrogen (secondary N) is 1. The van der Waals surface area contributed by atoms with Gasteiger partial charge in [-0.1, -0.05) is 6.92 Å². The maximum atomic E-state index is 11.2.